The van der Waals surface area contributed by atoms with E-state index in [9.17, 15) is 0 Å². The molecule has 1 aromatic rings. The summed E-state index contributed by atoms with van der Waals surface area (Å²) in [6.07, 6.45) is 7.58. The summed E-state index contributed by atoms with van der Waals surface area (Å²) in [5.74, 6) is 8.54. The first-order valence-electron chi connectivity index (χ1n) is 8.04. The van der Waals surface area contributed by atoms with Gasteiger partial charge in [0.05, 0.1) is 12.6 Å². The van der Waals surface area contributed by atoms with E-state index >= 15 is 0 Å². The maximum absolute atomic E-state index is 5.89. The van der Waals surface area contributed by atoms with E-state index in [2.05, 4.69) is 30.5 Å². The van der Waals surface area contributed by atoms with Crippen molar-refractivity contribution >= 4 is 0 Å². The highest BCUT2D eigenvalue weighted by Gasteiger charge is 2.30. The first-order valence-corrected chi connectivity index (χ1v) is 8.04. The predicted molar refractivity (Wildman–Crippen MR) is 81.4 cm³/mol. The highest BCUT2D eigenvalue weighted by molar-refractivity contribution is 5.45. The molecule has 0 bridgehead atoms. The molecule has 1 aliphatic carbocycles. The summed E-state index contributed by atoms with van der Waals surface area (Å²) in [5.41, 5.74) is 5.67. The molecule has 1 unspecified atom stereocenters. The third kappa shape index (κ3) is 2.57. The number of hydrogen-bond donors (Lipinski definition) is 2. The van der Waals surface area contributed by atoms with Crippen LogP contribution in [0.15, 0.2) is 18.2 Å². The van der Waals surface area contributed by atoms with Crippen molar-refractivity contribution in [1.29, 1.82) is 0 Å². The normalized spacial score (nSPS) is 26.9. The van der Waals surface area contributed by atoms with Crippen LogP contribution >= 0.6 is 0 Å². The van der Waals surface area contributed by atoms with Gasteiger partial charge in [0.1, 0.15) is 5.75 Å². The second-order valence-corrected chi connectivity index (χ2v) is 6.27. The van der Waals surface area contributed by atoms with Crippen molar-refractivity contribution in [3.8, 4) is 5.75 Å². The zero-order valence-electron chi connectivity index (χ0n) is 12.4. The molecule has 3 N–H and O–H groups in total. The van der Waals surface area contributed by atoms with Gasteiger partial charge in [0, 0.05) is 12.0 Å². The molecule has 1 aromatic carbocycles. The van der Waals surface area contributed by atoms with Gasteiger partial charge >= 0.3 is 0 Å². The van der Waals surface area contributed by atoms with Crippen molar-refractivity contribution in [2.75, 3.05) is 6.61 Å². The highest BCUT2D eigenvalue weighted by atomic mass is 16.5. The topological polar surface area (TPSA) is 47.3 Å². The number of nitrogens with two attached hydrogens (primary N) is 1. The molecule has 1 saturated carbocycles. The molecule has 3 nitrogen and oxygen atoms in total. The molecule has 0 aromatic heterocycles. The smallest absolute Gasteiger partial charge is 0.127 e. The molecule has 1 atom stereocenters. The minimum atomic E-state index is 0.237. The average Bonchev–Trinajstić information content (AvgIpc) is 2.98. The van der Waals surface area contributed by atoms with Crippen LogP contribution < -0.4 is 16.0 Å². The van der Waals surface area contributed by atoms with Gasteiger partial charge in [-0.2, -0.15) is 0 Å². The molecule has 2 aliphatic rings. The molecule has 0 spiro atoms. The first kappa shape index (κ1) is 13.9. The molecular weight excluding hydrogens is 248 g/mol. The number of hydrogen-bond acceptors (Lipinski definition) is 3. The van der Waals surface area contributed by atoms with E-state index < -0.39 is 0 Å². The number of para-hydroxylation sites is 1. The van der Waals surface area contributed by atoms with E-state index in [4.69, 9.17) is 10.6 Å². The molecule has 0 saturated heterocycles. The molecular formula is C17H26N2O. The van der Waals surface area contributed by atoms with E-state index in [1.54, 1.807) is 0 Å². The quantitative estimate of drug-likeness (QED) is 0.654. The molecule has 0 amide bonds. The van der Waals surface area contributed by atoms with Crippen molar-refractivity contribution in [3.63, 3.8) is 0 Å². The van der Waals surface area contributed by atoms with Gasteiger partial charge < -0.3 is 4.74 Å². The fraction of sp³-hybridized carbons (Fsp3) is 0.647. The van der Waals surface area contributed by atoms with E-state index in [1.165, 1.54) is 43.2 Å². The van der Waals surface area contributed by atoms with Gasteiger partial charge in [-0.1, -0.05) is 44.4 Å². The monoisotopic (exact) mass is 274 g/mol. The maximum Gasteiger partial charge on any atom is 0.127 e. The zero-order valence-corrected chi connectivity index (χ0v) is 12.4. The number of ether oxygens (including phenoxy) is 1. The number of rotatable bonds is 4. The van der Waals surface area contributed by atoms with Crippen molar-refractivity contribution in [2.45, 2.75) is 51.5 Å². The minimum absolute atomic E-state index is 0.237. The number of hydrazine groups is 1. The second kappa shape index (κ2) is 6.15. The van der Waals surface area contributed by atoms with Crippen molar-refractivity contribution in [2.24, 2.45) is 17.7 Å². The Balaban J connectivity index is 1.79. The lowest BCUT2D eigenvalue weighted by Crippen LogP contribution is -2.35. The standard InChI is InChI=1S/C17H26N2O/c1-2-12-6-8-13(9-7-12)16(19-18)15-5-3-4-14-10-11-20-17(14)15/h3-5,12-13,16,19H,2,6-11,18H2,1H3. The average molecular weight is 274 g/mol. The Hall–Kier alpha value is -1.06. The van der Waals surface area contributed by atoms with Crippen LogP contribution in [0.5, 0.6) is 5.75 Å². The lowest BCUT2D eigenvalue weighted by atomic mass is 9.76. The van der Waals surface area contributed by atoms with Crippen LogP contribution in [0, 0.1) is 11.8 Å². The highest BCUT2D eigenvalue weighted by Crippen LogP contribution is 2.42. The zero-order chi connectivity index (χ0) is 13.9. The van der Waals surface area contributed by atoms with Gasteiger partial charge in [-0.25, -0.2) is 0 Å². The molecule has 0 radical (unpaired) electrons. The lowest BCUT2D eigenvalue weighted by Gasteiger charge is -2.34. The van der Waals surface area contributed by atoms with E-state index in [0.29, 0.717) is 5.92 Å². The van der Waals surface area contributed by atoms with Crippen LogP contribution in [-0.4, -0.2) is 6.61 Å². The second-order valence-electron chi connectivity index (χ2n) is 6.27. The van der Waals surface area contributed by atoms with Crippen LogP contribution in [0.3, 0.4) is 0 Å². The van der Waals surface area contributed by atoms with E-state index in [-0.39, 0.29) is 6.04 Å². The summed E-state index contributed by atoms with van der Waals surface area (Å²) in [4.78, 5) is 0. The van der Waals surface area contributed by atoms with Gasteiger partial charge in [0.25, 0.3) is 0 Å². The SMILES string of the molecule is CCC1CCC(C(NN)c2cccc3c2OCC3)CC1. The Bertz CT molecular complexity index is 452. The number of fused-ring (bicyclic) bond motifs is 1. The van der Waals surface area contributed by atoms with Gasteiger partial charge in [0.2, 0.25) is 0 Å². The van der Waals surface area contributed by atoms with Crippen LogP contribution in [0.1, 0.15) is 56.2 Å². The fourth-order valence-electron chi connectivity index (χ4n) is 3.90. The Morgan fingerprint density at radius 1 is 1.30 bits per heavy atom. The largest absolute Gasteiger partial charge is 0.493 e. The molecule has 20 heavy (non-hydrogen) atoms. The van der Waals surface area contributed by atoms with E-state index in [0.717, 1.165) is 24.7 Å². The van der Waals surface area contributed by atoms with Gasteiger partial charge in [0.15, 0.2) is 0 Å². The molecule has 3 rings (SSSR count). The molecule has 1 aliphatic heterocycles. The Kier molecular flexibility index (Phi) is 4.27. The summed E-state index contributed by atoms with van der Waals surface area (Å²) in [5, 5.41) is 0. The fourth-order valence-corrected chi connectivity index (χ4v) is 3.90. The summed E-state index contributed by atoms with van der Waals surface area (Å²) < 4.78 is 5.85. The summed E-state index contributed by atoms with van der Waals surface area (Å²) in [6, 6.07) is 6.74. The molecule has 110 valence electrons. The summed E-state index contributed by atoms with van der Waals surface area (Å²) in [7, 11) is 0. The van der Waals surface area contributed by atoms with E-state index in [1.807, 2.05) is 0 Å². The lowest BCUT2D eigenvalue weighted by molar-refractivity contribution is 0.216. The molecule has 3 heteroatoms. The number of nitrogens with one attached hydrogen (secondary N) is 1. The van der Waals surface area contributed by atoms with Gasteiger partial charge in [-0.05, 0) is 30.2 Å². The summed E-state index contributed by atoms with van der Waals surface area (Å²) in [6.45, 7) is 3.12. The van der Waals surface area contributed by atoms with Crippen LogP contribution in [0.4, 0.5) is 0 Å². The Morgan fingerprint density at radius 3 is 2.80 bits per heavy atom. The molecule has 1 fully saturated rings. The third-order valence-electron chi connectivity index (χ3n) is 5.20. The molecule has 1 heterocycles. The van der Waals surface area contributed by atoms with Crippen molar-refractivity contribution in [3.05, 3.63) is 29.3 Å². The van der Waals surface area contributed by atoms with Crippen molar-refractivity contribution in [1.82, 2.24) is 5.43 Å². The van der Waals surface area contributed by atoms with Gasteiger partial charge in [-0.15, -0.1) is 0 Å². The van der Waals surface area contributed by atoms with Crippen molar-refractivity contribution < 1.29 is 4.74 Å². The van der Waals surface area contributed by atoms with Gasteiger partial charge in [-0.3, -0.25) is 11.3 Å². The predicted octanol–water partition coefficient (Wildman–Crippen LogP) is 3.34. The van der Waals surface area contributed by atoms with Crippen LogP contribution in [0.25, 0.3) is 0 Å². The minimum Gasteiger partial charge on any atom is -0.493 e. The first-order chi connectivity index (χ1) is 9.83. The summed E-state index contributed by atoms with van der Waals surface area (Å²) >= 11 is 0. The maximum atomic E-state index is 5.89. The van der Waals surface area contributed by atoms with Crippen LogP contribution in [-0.2, 0) is 6.42 Å². The Labute approximate surface area is 121 Å². The van der Waals surface area contributed by atoms with Crippen LogP contribution in [0.2, 0.25) is 0 Å². The number of benzene rings is 1. The Morgan fingerprint density at radius 2 is 2.10 bits per heavy atom. The third-order valence-corrected chi connectivity index (χ3v) is 5.20.